The predicted octanol–water partition coefficient (Wildman–Crippen LogP) is 2.40. The van der Waals surface area contributed by atoms with E-state index in [4.69, 9.17) is 15.2 Å². The van der Waals surface area contributed by atoms with Crippen LogP contribution >= 0.6 is 15.9 Å². The van der Waals surface area contributed by atoms with Crippen LogP contribution in [0, 0.1) is 0 Å². The molecule has 0 saturated heterocycles. The van der Waals surface area contributed by atoms with Gasteiger partial charge in [-0.25, -0.2) is 0 Å². The van der Waals surface area contributed by atoms with Gasteiger partial charge in [-0.3, -0.25) is 0 Å². The van der Waals surface area contributed by atoms with Crippen LogP contribution in [0.2, 0.25) is 0 Å². The summed E-state index contributed by atoms with van der Waals surface area (Å²) in [7, 11) is 0. The minimum absolute atomic E-state index is 0.249. The number of hydrogen-bond donors (Lipinski definition) is 1. The van der Waals surface area contributed by atoms with E-state index in [9.17, 15) is 0 Å². The maximum Gasteiger partial charge on any atom is 0.189 e. The molecule has 0 atom stereocenters. The number of ether oxygens (including phenoxy) is 2. The monoisotopic (exact) mass is 245 g/mol. The fourth-order valence-corrected chi connectivity index (χ4v) is 1.18. The normalized spacial score (nSPS) is 10.0. The maximum absolute atomic E-state index is 5.59. The Morgan fingerprint density at radius 3 is 2.92 bits per heavy atom. The minimum atomic E-state index is 0.249. The first kappa shape index (κ1) is 10.3. The van der Waals surface area contributed by atoms with E-state index in [2.05, 4.69) is 15.9 Å². The van der Waals surface area contributed by atoms with Crippen molar-refractivity contribution in [2.24, 2.45) is 0 Å². The van der Waals surface area contributed by atoms with E-state index in [0.29, 0.717) is 18.0 Å². The van der Waals surface area contributed by atoms with Crippen molar-refractivity contribution in [1.82, 2.24) is 0 Å². The van der Waals surface area contributed by atoms with Crippen molar-refractivity contribution in [2.45, 2.75) is 6.92 Å². The molecule has 0 aliphatic heterocycles. The van der Waals surface area contributed by atoms with Gasteiger partial charge in [0.25, 0.3) is 0 Å². The van der Waals surface area contributed by atoms with Gasteiger partial charge in [-0.2, -0.15) is 0 Å². The van der Waals surface area contributed by atoms with Gasteiger partial charge in [-0.05, 0) is 35.0 Å². The molecule has 0 saturated carbocycles. The Bertz CT molecular complexity index is 278. The van der Waals surface area contributed by atoms with Gasteiger partial charge >= 0.3 is 0 Å². The molecule has 1 aromatic carbocycles. The van der Waals surface area contributed by atoms with Gasteiger partial charge < -0.3 is 15.2 Å². The van der Waals surface area contributed by atoms with Gasteiger partial charge in [-0.1, -0.05) is 0 Å². The summed E-state index contributed by atoms with van der Waals surface area (Å²) in [6.45, 7) is 2.80. The van der Waals surface area contributed by atoms with Crippen molar-refractivity contribution < 1.29 is 9.47 Å². The van der Waals surface area contributed by atoms with Gasteiger partial charge in [0, 0.05) is 18.4 Å². The maximum atomic E-state index is 5.59. The van der Waals surface area contributed by atoms with E-state index in [-0.39, 0.29) is 6.79 Å². The van der Waals surface area contributed by atoms with Crippen molar-refractivity contribution in [1.29, 1.82) is 0 Å². The number of nitrogens with two attached hydrogens (primary N) is 1. The van der Waals surface area contributed by atoms with Crippen molar-refractivity contribution in [3.8, 4) is 5.75 Å². The first-order valence-electron chi connectivity index (χ1n) is 3.99. The second-order valence-corrected chi connectivity index (χ2v) is 3.30. The lowest BCUT2D eigenvalue weighted by Crippen LogP contribution is -2.02. The Hall–Kier alpha value is -0.740. The lowest BCUT2D eigenvalue weighted by atomic mass is 10.3. The molecule has 0 aromatic heterocycles. The standard InChI is InChI=1S/C9H12BrNO2/c1-2-12-6-13-9-5-7(11)3-4-8(9)10/h3-5H,2,6,11H2,1H3. The van der Waals surface area contributed by atoms with Crippen LogP contribution in [-0.4, -0.2) is 13.4 Å². The highest BCUT2D eigenvalue weighted by molar-refractivity contribution is 9.10. The third kappa shape index (κ3) is 3.24. The summed E-state index contributed by atoms with van der Waals surface area (Å²) in [6, 6.07) is 5.40. The van der Waals surface area contributed by atoms with E-state index < -0.39 is 0 Å². The zero-order valence-corrected chi connectivity index (χ0v) is 9.00. The Morgan fingerprint density at radius 2 is 2.23 bits per heavy atom. The zero-order chi connectivity index (χ0) is 9.68. The quantitative estimate of drug-likeness (QED) is 0.504. The first-order valence-corrected chi connectivity index (χ1v) is 4.79. The Balaban J connectivity index is 2.59. The smallest absolute Gasteiger partial charge is 0.189 e. The van der Waals surface area contributed by atoms with Gasteiger partial charge in [0.2, 0.25) is 0 Å². The van der Waals surface area contributed by atoms with Crippen molar-refractivity contribution >= 4 is 21.6 Å². The molecule has 2 N–H and O–H groups in total. The van der Waals surface area contributed by atoms with E-state index in [1.165, 1.54) is 0 Å². The molecule has 1 aromatic rings. The van der Waals surface area contributed by atoms with E-state index in [1.54, 1.807) is 12.1 Å². The molecule has 4 heteroatoms. The van der Waals surface area contributed by atoms with Crippen LogP contribution in [0.4, 0.5) is 5.69 Å². The van der Waals surface area contributed by atoms with E-state index in [0.717, 1.165) is 4.47 Å². The summed E-state index contributed by atoms with van der Waals surface area (Å²) < 4.78 is 11.2. The number of nitrogen functional groups attached to an aromatic ring is 1. The third-order valence-corrected chi connectivity index (χ3v) is 2.11. The molecular weight excluding hydrogens is 234 g/mol. The molecule has 0 amide bonds. The third-order valence-electron chi connectivity index (χ3n) is 1.46. The topological polar surface area (TPSA) is 44.5 Å². The highest BCUT2D eigenvalue weighted by atomic mass is 79.9. The van der Waals surface area contributed by atoms with Gasteiger partial charge in [0.15, 0.2) is 6.79 Å². The molecule has 0 radical (unpaired) electrons. The SMILES string of the molecule is CCOCOc1cc(N)ccc1Br. The van der Waals surface area contributed by atoms with Crippen LogP contribution < -0.4 is 10.5 Å². The number of benzene rings is 1. The van der Waals surface area contributed by atoms with Crippen LogP contribution in [0.3, 0.4) is 0 Å². The Morgan fingerprint density at radius 1 is 1.46 bits per heavy atom. The molecule has 1 rings (SSSR count). The van der Waals surface area contributed by atoms with Gasteiger partial charge in [0.05, 0.1) is 4.47 Å². The van der Waals surface area contributed by atoms with Gasteiger partial charge in [0.1, 0.15) is 5.75 Å². The highest BCUT2D eigenvalue weighted by Gasteiger charge is 2.00. The molecule has 0 spiro atoms. The summed E-state index contributed by atoms with van der Waals surface area (Å²) in [5, 5.41) is 0. The molecule has 0 heterocycles. The molecule has 72 valence electrons. The van der Waals surface area contributed by atoms with Crippen molar-refractivity contribution in [3.63, 3.8) is 0 Å². The largest absolute Gasteiger partial charge is 0.466 e. The van der Waals surface area contributed by atoms with Crippen molar-refractivity contribution in [2.75, 3.05) is 19.1 Å². The number of rotatable bonds is 4. The second kappa shape index (κ2) is 5.09. The average Bonchev–Trinajstić information content (AvgIpc) is 2.11. The zero-order valence-electron chi connectivity index (χ0n) is 7.42. The molecular formula is C9H12BrNO2. The average molecular weight is 246 g/mol. The number of halogens is 1. The molecule has 0 aliphatic rings. The van der Waals surface area contributed by atoms with Crippen LogP contribution in [0.1, 0.15) is 6.92 Å². The van der Waals surface area contributed by atoms with E-state index >= 15 is 0 Å². The summed E-state index contributed by atoms with van der Waals surface area (Å²) >= 11 is 3.35. The minimum Gasteiger partial charge on any atom is -0.466 e. The molecule has 0 aliphatic carbocycles. The summed E-state index contributed by atoms with van der Waals surface area (Å²) in [5.74, 6) is 0.702. The Labute approximate surface area is 86.0 Å². The Kier molecular flexibility index (Phi) is 4.05. The van der Waals surface area contributed by atoms with Crippen LogP contribution in [0.25, 0.3) is 0 Å². The first-order chi connectivity index (χ1) is 6.24. The molecule has 3 nitrogen and oxygen atoms in total. The number of hydrogen-bond acceptors (Lipinski definition) is 3. The fraction of sp³-hybridized carbons (Fsp3) is 0.333. The molecule has 0 bridgehead atoms. The van der Waals surface area contributed by atoms with Crippen LogP contribution in [0.5, 0.6) is 5.75 Å². The lowest BCUT2D eigenvalue weighted by molar-refractivity contribution is 0.0220. The molecule has 0 fully saturated rings. The molecule has 0 unspecified atom stereocenters. The highest BCUT2D eigenvalue weighted by Crippen LogP contribution is 2.26. The second-order valence-electron chi connectivity index (χ2n) is 2.44. The lowest BCUT2D eigenvalue weighted by Gasteiger charge is -2.08. The summed E-state index contributed by atoms with van der Waals surface area (Å²) in [6.07, 6.45) is 0. The van der Waals surface area contributed by atoms with Gasteiger partial charge in [-0.15, -0.1) is 0 Å². The summed E-state index contributed by atoms with van der Waals surface area (Å²) in [4.78, 5) is 0. The predicted molar refractivity (Wildman–Crippen MR) is 55.7 cm³/mol. The van der Waals surface area contributed by atoms with E-state index in [1.807, 2.05) is 13.0 Å². The van der Waals surface area contributed by atoms with Crippen LogP contribution in [0.15, 0.2) is 22.7 Å². The number of anilines is 1. The van der Waals surface area contributed by atoms with Crippen LogP contribution in [-0.2, 0) is 4.74 Å². The molecule has 13 heavy (non-hydrogen) atoms. The summed E-state index contributed by atoms with van der Waals surface area (Å²) in [5.41, 5.74) is 6.27. The van der Waals surface area contributed by atoms with Crippen molar-refractivity contribution in [3.05, 3.63) is 22.7 Å². The fourth-order valence-electron chi connectivity index (χ4n) is 0.819.